The molecule has 5 heteroatoms. The Balaban J connectivity index is 1.45. The largest absolute Gasteiger partial charge is 0.353 e. The molecule has 27 heavy (non-hydrogen) atoms. The number of carbonyl (C=O) groups excluding carboxylic acids is 2. The first-order valence-electron chi connectivity index (χ1n) is 11.6. The zero-order valence-corrected chi connectivity index (χ0v) is 17.0. The van der Waals surface area contributed by atoms with Gasteiger partial charge in [-0.15, -0.1) is 0 Å². The van der Waals surface area contributed by atoms with E-state index in [1.165, 1.54) is 57.8 Å². The molecule has 3 amide bonds. The summed E-state index contributed by atoms with van der Waals surface area (Å²) in [6, 6.07) is 0.733. The molecule has 0 spiro atoms. The highest BCUT2D eigenvalue weighted by atomic mass is 16.2. The van der Waals surface area contributed by atoms with Crippen LogP contribution in [0, 0.1) is 5.92 Å². The molecule has 1 heterocycles. The quantitative estimate of drug-likeness (QED) is 0.767. The van der Waals surface area contributed by atoms with Gasteiger partial charge in [0, 0.05) is 25.2 Å². The van der Waals surface area contributed by atoms with Crippen LogP contribution in [0.3, 0.4) is 0 Å². The minimum Gasteiger partial charge on any atom is -0.353 e. The molecule has 0 aromatic heterocycles. The molecule has 3 aliphatic rings. The van der Waals surface area contributed by atoms with E-state index in [0.717, 1.165) is 45.1 Å². The van der Waals surface area contributed by atoms with Crippen molar-refractivity contribution in [3.05, 3.63) is 0 Å². The lowest BCUT2D eigenvalue weighted by Gasteiger charge is -2.33. The van der Waals surface area contributed by atoms with E-state index in [2.05, 4.69) is 10.6 Å². The van der Waals surface area contributed by atoms with Crippen molar-refractivity contribution in [1.29, 1.82) is 0 Å². The lowest BCUT2D eigenvalue weighted by Crippen LogP contribution is -2.50. The van der Waals surface area contributed by atoms with Crippen molar-refractivity contribution in [2.24, 2.45) is 5.92 Å². The van der Waals surface area contributed by atoms with Crippen LogP contribution in [0.5, 0.6) is 0 Å². The summed E-state index contributed by atoms with van der Waals surface area (Å²) in [6.45, 7) is 1.36. The van der Waals surface area contributed by atoms with Gasteiger partial charge in [0.15, 0.2) is 0 Å². The molecule has 1 aliphatic heterocycles. The Bertz CT molecular complexity index is 466. The molecule has 2 aliphatic carbocycles. The fourth-order valence-electron chi connectivity index (χ4n) is 4.50. The predicted octanol–water partition coefficient (Wildman–Crippen LogP) is 4.36. The van der Waals surface area contributed by atoms with Gasteiger partial charge in [0.1, 0.15) is 0 Å². The number of hydrogen-bond acceptors (Lipinski definition) is 2. The third-order valence-electron chi connectivity index (χ3n) is 6.44. The lowest BCUT2D eigenvalue weighted by atomic mass is 9.94. The first kappa shape index (κ1) is 20.5. The summed E-state index contributed by atoms with van der Waals surface area (Å²) >= 11 is 0. The summed E-state index contributed by atoms with van der Waals surface area (Å²) in [5.41, 5.74) is 0. The van der Waals surface area contributed by atoms with E-state index in [1.807, 2.05) is 4.90 Å². The summed E-state index contributed by atoms with van der Waals surface area (Å²) < 4.78 is 0. The number of urea groups is 1. The maximum Gasteiger partial charge on any atom is 0.317 e. The van der Waals surface area contributed by atoms with E-state index in [-0.39, 0.29) is 17.9 Å². The van der Waals surface area contributed by atoms with E-state index >= 15 is 0 Å². The van der Waals surface area contributed by atoms with Crippen LogP contribution in [0.4, 0.5) is 4.79 Å². The number of likely N-dealkylation sites (tertiary alicyclic amines) is 1. The molecular weight excluding hydrogens is 338 g/mol. The van der Waals surface area contributed by atoms with Crippen LogP contribution >= 0.6 is 0 Å². The third-order valence-corrected chi connectivity index (χ3v) is 6.44. The minimum atomic E-state index is -0.0370. The van der Waals surface area contributed by atoms with Crippen molar-refractivity contribution in [2.75, 3.05) is 13.1 Å². The molecule has 2 N–H and O–H groups in total. The van der Waals surface area contributed by atoms with Gasteiger partial charge >= 0.3 is 6.03 Å². The van der Waals surface area contributed by atoms with E-state index in [9.17, 15) is 9.59 Å². The Morgan fingerprint density at radius 2 is 1.19 bits per heavy atom. The normalized spacial score (nSPS) is 26.5. The van der Waals surface area contributed by atoms with E-state index in [0.29, 0.717) is 18.6 Å². The first-order valence-corrected chi connectivity index (χ1v) is 11.6. The molecule has 154 valence electrons. The van der Waals surface area contributed by atoms with E-state index < -0.39 is 0 Å². The molecule has 3 rings (SSSR count). The fourth-order valence-corrected chi connectivity index (χ4v) is 4.50. The third kappa shape index (κ3) is 7.34. The van der Waals surface area contributed by atoms with Crippen molar-refractivity contribution in [3.8, 4) is 0 Å². The molecule has 3 fully saturated rings. The van der Waals surface area contributed by atoms with Crippen molar-refractivity contribution in [2.45, 2.75) is 108 Å². The van der Waals surface area contributed by atoms with Gasteiger partial charge in [0.2, 0.25) is 5.91 Å². The molecular formula is C22H39N3O2. The first-order chi connectivity index (χ1) is 13.2. The van der Waals surface area contributed by atoms with Crippen LogP contribution in [0.2, 0.25) is 0 Å². The summed E-state index contributed by atoms with van der Waals surface area (Å²) in [6.07, 6.45) is 18.1. The van der Waals surface area contributed by atoms with Gasteiger partial charge in [0.25, 0.3) is 0 Å². The number of hydrogen-bond donors (Lipinski definition) is 2. The monoisotopic (exact) mass is 377 g/mol. The van der Waals surface area contributed by atoms with Gasteiger partial charge in [-0.1, -0.05) is 57.8 Å². The second-order valence-electron chi connectivity index (χ2n) is 8.97. The molecule has 1 unspecified atom stereocenters. The standard InChI is InChI=1S/C22H39N3O2/c26-21(18-11-10-16-25(17-18)22(27)24-20-14-15-20)23-19-12-8-6-4-2-1-3-5-7-9-13-19/h18-20H,1-17H2,(H,23,26)(H,24,27). The van der Waals surface area contributed by atoms with Gasteiger partial charge < -0.3 is 15.5 Å². The minimum absolute atomic E-state index is 0.0287. The predicted molar refractivity (Wildman–Crippen MR) is 109 cm³/mol. The second kappa shape index (κ2) is 10.9. The highest BCUT2D eigenvalue weighted by Crippen LogP contribution is 2.22. The number of nitrogens with one attached hydrogen (secondary N) is 2. The van der Waals surface area contributed by atoms with Crippen molar-refractivity contribution in [1.82, 2.24) is 15.5 Å². The lowest BCUT2D eigenvalue weighted by molar-refractivity contribution is -0.127. The van der Waals surface area contributed by atoms with Crippen LogP contribution in [-0.2, 0) is 4.79 Å². The zero-order chi connectivity index (χ0) is 18.9. The maximum absolute atomic E-state index is 12.9. The Morgan fingerprint density at radius 1 is 0.630 bits per heavy atom. The number of carbonyl (C=O) groups is 2. The van der Waals surface area contributed by atoms with Gasteiger partial charge in [-0.25, -0.2) is 4.79 Å². The SMILES string of the molecule is O=C(NC1CCCCCCCCCCC1)C1CCCN(C(=O)NC2CC2)C1. The molecule has 1 atom stereocenters. The van der Waals surface area contributed by atoms with Crippen molar-refractivity contribution < 1.29 is 9.59 Å². The number of piperidine rings is 1. The molecule has 0 bridgehead atoms. The Hall–Kier alpha value is -1.26. The van der Waals surface area contributed by atoms with E-state index in [4.69, 9.17) is 0 Å². The second-order valence-corrected chi connectivity index (χ2v) is 8.97. The van der Waals surface area contributed by atoms with Crippen molar-refractivity contribution >= 4 is 11.9 Å². The van der Waals surface area contributed by atoms with Gasteiger partial charge in [-0.05, 0) is 38.5 Å². The van der Waals surface area contributed by atoms with Crippen LogP contribution in [0.1, 0.15) is 96.3 Å². The molecule has 1 saturated heterocycles. The smallest absolute Gasteiger partial charge is 0.317 e. The average molecular weight is 378 g/mol. The molecule has 0 aromatic carbocycles. The number of rotatable bonds is 3. The average Bonchev–Trinajstić information content (AvgIpc) is 3.48. The van der Waals surface area contributed by atoms with Crippen LogP contribution in [-0.4, -0.2) is 42.0 Å². The Kier molecular flexibility index (Phi) is 8.28. The maximum atomic E-state index is 12.9. The van der Waals surface area contributed by atoms with Crippen molar-refractivity contribution in [3.63, 3.8) is 0 Å². The summed E-state index contributed by atoms with van der Waals surface area (Å²) in [5, 5.41) is 6.41. The summed E-state index contributed by atoms with van der Waals surface area (Å²) in [4.78, 5) is 27.0. The van der Waals surface area contributed by atoms with Crippen LogP contribution in [0.25, 0.3) is 0 Å². The molecule has 2 saturated carbocycles. The summed E-state index contributed by atoms with van der Waals surface area (Å²) in [7, 11) is 0. The summed E-state index contributed by atoms with van der Waals surface area (Å²) in [5.74, 6) is 0.140. The Labute approximate surface area is 165 Å². The zero-order valence-electron chi connectivity index (χ0n) is 17.0. The molecule has 5 nitrogen and oxygen atoms in total. The van der Waals surface area contributed by atoms with Gasteiger partial charge in [-0.3, -0.25) is 4.79 Å². The molecule has 0 aromatic rings. The van der Waals surface area contributed by atoms with Crippen LogP contribution < -0.4 is 10.6 Å². The van der Waals surface area contributed by atoms with E-state index in [1.54, 1.807) is 0 Å². The fraction of sp³-hybridized carbons (Fsp3) is 0.909. The van der Waals surface area contributed by atoms with Gasteiger partial charge in [-0.2, -0.15) is 0 Å². The van der Waals surface area contributed by atoms with Gasteiger partial charge in [0.05, 0.1) is 5.92 Å². The topological polar surface area (TPSA) is 61.4 Å². The number of nitrogens with zero attached hydrogens (tertiary/aromatic N) is 1. The Morgan fingerprint density at radius 3 is 1.78 bits per heavy atom. The highest BCUT2D eigenvalue weighted by Gasteiger charge is 2.32. The molecule has 0 radical (unpaired) electrons. The van der Waals surface area contributed by atoms with Crippen LogP contribution in [0.15, 0.2) is 0 Å². The number of amides is 3. The highest BCUT2D eigenvalue weighted by molar-refractivity contribution is 5.81.